The van der Waals surface area contributed by atoms with E-state index in [1.54, 1.807) is 0 Å². The van der Waals surface area contributed by atoms with Crippen LogP contribution >= 0.6 is 0 Å². The van der Waals surface area contributed by atoms with Gasteiger partial charge in [0.2, 0.25) is 0 Å². The van der Waals surface area contributed by atoms with Gasteiger partial charge in [-0.3, -0.25) is 4.90 Å². The molecule has 0 spiro atoms. The predicted molar refractivity (Wildman–Crippen MR) is 73.4 cm³/mol. The lowest BCUT2D eigenvalue weighted by atomic mass is 10.2. The number of rotatable bonds is 8. The number of nitrogens with one attached hydrogen (secondary N) is 1. The zero-order chi connectivity index (χ0) is 13.7. The number of hydrogen-bond donors (Lipinski definition) is 1. The summed E-state index contributed by atoms with van der Waals surface area (Å²) in [6.45, 7) is 2.66. The molecule has 1 N–H and O–H groups in total. The van der Waals surface area contributed by atoms with Crippen molar-refractivity contribution in [3.63, 3.8) is 0 Å². The molecule has 1 aromatic rings. The van der Waals surface area contributed by atoms with Crippen molar-refractivity contribution in [2.75, 3.05) is 19.6 Å². The number of alkyl halides is 2. The van der Waals surface area contributed by atoms with Gasteiger partial charge in [0.05, 0.1) is 13.1 Å². The summed E-state index contributed by atoms with van der Waals surface area (Å²) in [5.74, 6) is -2.66. The largest absolute Gasteiger partial charge is 0.311 e. The lowest BCUT2D eigenvalue weighted by molar-refractivity contribution is -0.0343. The molecule has 0 bridgehead atoms. The second-order valence-electron chi connectivity index (χ2n) is 5.26. The fourth-order valence-electron chi connectivity index (χ4n) is 2.23. The van der Waals surface area contributed by atoms with Gasteiger partial charge in [-0.25, -0.2) is 8.78 Å². The van der Waals surface area contributed by atoms with Gasteiger partial charge in [-0.15, -0.1) is 0 Å². The van der Waals surface area contributed by atoms with Crippen LogP contribution < -0.4 is 5.32 Å². The minimum absolute atomic E-state index is 0.153. The minimum atomic E-state index is -2.66. The van der Waals surface area contributed by atoms with Crippen molar-refractivity contribution < 1.29 is 8.78 Å². The van der Waals surface area contributed by atoms with Crippen molar-refractivity contribution in [1.82, 2.24) is 10.2 Å². The van der Waals surface area contributed by atoms with Crippen LogP contribution in [0.15, 0.2) is 30.3 Å². The zero-order valence-corrected chi connectivity index (χ0v) is 11.4. The van der Waals surface area contributed by atoms with Crippen molar-refractivity contribution in [1.29, 1.82) is 0 Å². The second-order valence-corrected chi connectivity index (χ2v) is 5.26. The van der Waals surface area contributed by atoms with Gasteiger partial charge >= 0.3 is 0 Å². The Morgan fingerprint density at radius 3 is 2.53 bits per heavy atom. The lowest BCUT2D eigenvalue weighted by Crippen LogP contribution is -2.44. The van der Waals surface area contributed by atoms with Crippen LogP contribution in [0.3, 0.4) is 0 Å². The van der Waals surface area contributed by atoms with Crippen LogP contribution in [0.1, 0.15) is 25.3 Å². The van der Waals surface area contributed by atoms with Crippen LogP contribution in [-0.2, 0) is 6.54 Å². The van der Waals surface area contributed by atoms with Crippen LogP contribution in [0.5, 0.6) is 0 Å². The highest BCUT2D eigenvalue weighted by Crippen LogP contribution is 2.30. The first kappa shape index (κ1) is 14.4. The molecule has 106 valence electrons. The zero-order valence-electron chi connectivity index (χ0n) is 11.4. The van der Waals surface area contributed by atoms with Crippen LogP contribution in [0.4, 0.5) is 8.78 Å². The van der Waals surface area contributed by atoms with Crippen molar-refractivity contribution >= 4 is 0 Å². The molecule has 0 heterocycles. The van der Waals surface area contributed by atoms with E-state index < -0.39 is 5.92 Å². The van der Waals surface area contributed by atoms with Crippen molar-refractivity contribution in [3.05, 3.63) is 35.9 Å². The summed E-state index contributed by atoms with van der Waals surface area (Å²) in [5.41, 5.74) is 1.11. The minimum Gasteiger partial charge on any atom is -0.311 e. The smallest absolute Gasteiger partial charge is 0.272 e. The van der Waals surface area contributed by atoms with Gasteiger partial charge in [0.1, 0.15) is 0 Å². The van der Waals surface area contributed by atoms with E-state index in [1.807, 2.05) is 42.2 Å². The third kappa shape index (κ3) is 4.88. The molecule has 2 nitrogen and oxygen atoms in total. The fraction of sp³-hybridized carbons (Fsp3) is 0.600. The van der Waals surface area contributed by atoms with E-state index in [0.717, 1.165) is 18.4 Å². The Bertz CT molecular complexity index is 377. The lowest BCUT2D eigenvalue weighted by Gasteiger charge is -2.27. The molecule has 0 atom stereocenters. The monoisotopic (exact) mass is 268 g/mol. The molecule has 1 aliphatic carbocycles. The van der Waals surface area contributed by atoms with E-state index in [2.05, 4.69) is 5.32 Å². The first-order valence-corrected chi connectivity index (χ1v) is 6.97. The summed E-state index contributed by atoms with van der Waals surface area (Å²) in [5, 5.41) is 2.74. The number of hydrogen-bond acceptors (Lipinski definition) is 2. The van der Waals surface area contributed by atoms with Gasteiger partial charge in [0.15, 0.2) is 0 Å². The summed E-state index contributed by atoms with van der Waals surface area (Å²) in [6.07, 6.45) is 2.09. The van der Waals surface area contributed by atoms with E-state index in [9.17, 15) is 8.78 Å². The number of benzene rings is 1. The summed E-state index contributed by atoms with van der Waals surface area (Å²) in [7, 11) is 0. The van der Waals surface area contributed by atoms with Crippen molar-refractivity contribution in [2.24, 2.45) is 0 Å². The van der Waals surface area contributed by atoms with E-state index in [-0.39, 0.29) is 13.1 Å². The van der Waals surface area contributed by atoms with Crippen LogP contribution in [0.25, 0.3) is 0 Å². The first-order chi connectivity index (χ1) is 9.11. The van der Waals surface area contributed by atoms with Crippen LogP contribution in [-0.4, -0.2) is 36.5 Å². The fourth-order valence-corrected chi connectivity index (χ4v) is 2.23. The van der Waals surface area contributed by atoms with Crippen LogP contribution in [0.2, 0.25) is 0 Å². The quantitative estimate of drug-likeness (QED) is 0.780. The third-order valence-corrected chi connectivity index (χ3v) is 3.36. The molecule has 0 amide bonds. The van der Waals surface area contributed by atoms with Gasteiger partial charge < -0.3 is 5.32 Å². The molecule has 1 aromatic carbocycles. The van der Waals surface area contributed by atoms with Gasteiger partial charge in [0, 0.05) is 12.6 Å². The first-order valence-electron chi connectivity index (χ1n) is 6.97. The van der Waals surface area contributed by atoms with E-state index >= 15 is 0 Å². The molecule has 19 heavy (non-hydrogen) atoms. The van der Waals surface area contributed by atoms with E-state index in [1.165, 1.54) is 0 Å². The van der Waals surface area contributed by atoms with E-state index in [4.69, 9.17) is 0 Å². The van der Waals surface area contributed by atoms with Gasteiger partial charge in [-0.05, 0) is 24.9 Å². The molecule has 2 rings (SSSR count). The number of nitrogens with zero attached hydrogens (tertiary/aromatic N) is 1. The van der Waals surface area contributed by atoms with Crippen molar-refractivity contribution in [3.8, 4) is 0 Å². The molecule has 0 radical (unpaired) electrons. The molecular weight excluding hydrogens is 246 g/mol. The molecule has 0 unspecified atom stereocenters. The average molecular weight is 268 g/mol. The van der Waals surface area contributed by atoms with Crippen molar-refractivity contribution in [2.45, 2.75) is 38.3 Å². The number of halogens is 2. The normalized spacial score (nSPS) is 16.0. The third-order valence-electron chi connectivity index (χ3n) is 3.36. The van der Waals surface area contributed by atoms with Gasteiger partial charge in [-0.2, -0.15) is 0 Å². The van der Waals surface area contributed by atoms with Crippen LogP contribution in [0, 0.1) is 0 Å². The highest BCUT2D eigenvalue weighted by atomic mass is 19.3. The van der Waals surface area contributed by atoms with Gasteiger partial charge in [0.25, 0.3) is 5.92 Å². The van der Waals surface area contributed by atoms with E-state index in [0.29, 0.717) is 19.1 Å². The SMILES string of the molecule is CCNCC(F)(F)CN(Cc1ccccc1)C1CC1. The molecule has 0 aliphatic heterocycles. The molecular formula is C15H22F2N2. The molecule has 4 heteroatoms. The van der Waals surface area contributed by atoms with Gasteiger partial charge in [-0.1, -0.05) is 37.3 Å². The molecule has 0 aromatic heterocycles. The predicted octanol–water partition coefficient (Wildman–Crippen LogP) is 2.90. The molecule has 1 aliphatic rings. The highest BCUT2D eigenvalue weighted by molar-refractivity contribution is 5.15. The topological polar surface area (TPSA) is 15.3 Å². The Kier molecular flexibility index (Phi) is 4.88. The molecule has 1 saturated carbocycles. The molecule has 0 saturated heterocycles. The second kappa shape index (κ2) is 6.44. The maximum absolute atomic E-state index is 13.8. The maximum atomic E-state index is 13.8. The Balaban J connectivity index is 1.93. The molecule has 1 fully saturated rings. The Hall–Kier alpha value is -1.00. The summed E-state index contributed by atoms with van der Waals surface area (Å²) < 4.78 is 27.7. The average Bonchev–Trinajstić information content (AvgIpc) is 3.21. The Labute approximate surface area is 113 Å². The summed E-state index contributed by atoms with van der Waals surface area (Å²) in [6, 6.07) is 10.2. The standard InChI is InChI=1S/C15H22F2N2/c1-2-18-11-15(16,17)12-19(14-8-9-14)10-13-6-4-3-5-7-13/h3-7,14,18H,2,8-12H2,1H3. The summed E-state index contributed by atoms with van der Waals surface area (Å²) >= 11 is 0. The maximum Gasteiger partial charge on any atom is 0.272 e. The Morgan fingerprint density at radius 2 is 1.95 bits per heavy atom. The Morgan fingerprint density at radius 1 is 1.26 bits per heavy atom. The highest BCUT2D eigenvalue weighted by Gasteiger charge is 2.37. The summed E-state index contributed by atoms with van der Waals surface area (Å²) in [4.78, 5) is 1.92.